The molecule has 190 valence electrons. The molecular weight excluding hydrogens is 472 g/mol. The Labute approximate surface area is 218 Å². The number of anilines is 2. The van der Waals surface area contributed by atoms with Crippen molar-refractivity contribution >= 4 is 23.4 Å². The number of benzene rings is 1. The highest BCUT2D eigenvalue weighted by Gasteiger charge is 2.55. The number of rotatable bonds is 8. The van der Waals surface area contributed by atoms with Gasteiger partial charge in [0, 0.05) is 43.4 Å². The molecule has 5 fully saturated rings. The van der Waals surface area contributed by atoms with Crippen molar-refractivity contribution < 1.29 is 4.74 Å². The molecule has 1 aromatic heterocycles. The van der Waals surface area contributed by atoms with Crippen LogP contribution in [0.3, 0.4) is 0 Å². The summed E-state index contributed by atoms with van der Waals surface area (Å²) in [6, 6.07) is 11.3. The van der Waals surface area contributed by atoms with Crippen molar-refractivity contribution in [3.05, 3.63) is 46.6 Å². The van der Waals surface area contributed by atoms with E-state index >= 15 is 0 Å². The Morgan fingerprint density at radius 1 is 1.08 bits per heavy atom. The molecule has 1 saturated heterocycles. The van der Waals surface area contributed by atoms with E-state index in [1.165, 1.54) is 32.1 Å². The van der Waals surface area contributed by atoms with Gasteiger partial charge in [-0.05, 0) is 79.7 Å². The molecule has 3 N–H and O–H groups in total. The lowest BCUT2D eigenvalue weighted by atomic mass is 9.48. The van der Waals surface area contributed by atoms with Gasteiger partial charge >= 0.3 is 0 Å². The molecule has 8 heteroatoms. The van der Waals surface area contributed by atoms with Gasteiger partial charge < -0.3 is 20.7 Å². The van der Waals surface area contributed by atoms with E-state index in [1.807, 2.05) is 24.3 Å². The first kappa shape index (κ1) is 24.0. The molecule has 4 aliphatic carbocycles. The van der Waals surface area contributed by atoms with Gasteiger partial charge in [-0.2, -0.15) is 10.2 Å². The van der Waals surface area contributed by atoms with Gasteiger partial charge in [-0.3, -0.25) is 0 Å². The first-order valence-corrected chi connectivity index (χ1v) is 13.8. The maximum atomic E-state index is 9.68. The minimum absolute atomic E-state index is 0.299. The average molecular weight is 507 g/mol. The molecule has 7 nitrogen and oxygen atoms in total. The Kier molecular flexibility index (Phi) is 6.76. The van der Waals surface area contributed by atoms with Crippen molar-refractivity contribution in [2.24, 2.45) is 23.2 Å². The summed E-state index contributed by atoms with van der Waals surface area (Å²) < 4.78 is 5.58. The quantitative estimate of drug-likeness (QED) is 0.464. The first-order chi connectivity index (χ1) is 17.6. The molecule has 5 aliphatic rings. The Balaban J connectivity index is 1.12. The number of aromatic nitrogens is 2. The van der Waals surface area contributed by atoms with Crippen LogP contribution in [0.4, 0.5) is 11.8 Å². The van der Waals surface area contributed by atoms with Crippen molar-refractivity contribution in [1.29, 1.82) is 5.26 Å². The SMILES string of the molecule is N#Cc1cnc(NCc2ccccc2Cl)nc1NC[C@]12CC3C[C@H](C1)[C@@H](NC1CCOCC1)[C@@H](C3)C2. The lowest BCUT2D eigenvalue weighted by Gasteiger charge is -2.61. The summed E-state index contributed by atoms with van der Waals surface area (Å²) >= 11 is 6.29. The van der Waals surface area contributed by atoms with Gasteiger partial charge in [0.15, 0.2) is 0 Å². The highest BCUT2D eigenvalue weighted by Crippen LogP contribution is 2.60. The third-order valence-corrected chi connectivity index (χ3v) is 9.35. The summed E-state index contributed by atoms with van der Waals surface area (Å²) in [7, 11) is 0. The molecular formula is C28H35ClN6O. The zero-order valence-corrected chi connectivity index (χ0v) is 21.4. The van der Waals surface area contributed by atoms with Crippen LogP contribution in [-0.4, -0.2) is 41.8 Å². The maximum absolute atomic E-state index is 9.68. The maximum Gasteiger partial charge on any atom is 0.224 e. The molecule has 0 radical (unpaired) electrons. The van der Waals surface area contributed by atoms with Crippen molar-refractivity contribution in [2.75, 3.05) is 30.4 Å². The lowest BCUT2D eigenvalue weighted by molar-refractivity contribution is -0.0751. The number of nitriles is 1. The van der Waals surface area contributed by atoms with E-state index in [4.69, 9.17) is 16.3 Å². The highest BCUT2D eigenvalue weighted by molar-refractivity contribution is 6.31. The van der Waals surface area contributed by atoms with E-state index in [-0.39, 0.29) is 0 Å². The fraction of sp³-hybridized carbons (Fsp3) is 0.607. The van der Waals surface area contributed by atoms with Crippen LogP contribution < -0.4 is 16.0 Å². The third-order valence-electron chi connectivity index (χ3n) is 8.98. The summed E-state index contributed by atoms with van der Waals surface area (Å²) in [5.41, 5.74) is 1.77. The monoisotopic (exact) mass is 506 g/mol. The van der Waals surface area contributed by atoms with Crippen molar-refractivity contribution in [3.63, 3.8) is 0 Å². The number of hydrogen-bond donors (Lipinski definition) is 3. The van der Waals surface area contributed by atoms with Gasteiger partial charge in [-0.15, -0.1) is 0 Å². The number of ether oxygens (including phenoxy) is 1. The summed E-state index contributed by atoms with van der Waals surface area (Å²) in [4.78, 5) is 9.02. The Bertz CT molecular complexity index is 1110. The van der Waals surface area contributed by atoms with E-state index in [0.29, 0.717) is 46.4 Å². The van der Waals surface area contributed by atoms with Gasteiger partial charge in [0.2, 0.25) is 5.95 Å². The van der Waals surface area contributed by atoms with Crippen molar-refractivity contribution in [2.45, 2.75) is 63.6 Å². The Morgan fingerprint density at radius 2 is 1.86 bits per heavy atom. The largest absolute Gasteiger partial charge is 0.381 e. The van der Waals surface area contributed by atoms with Crippen LogP contribution in [0.25, 0.3) is 0 Å². The zero-order valence-electron chi connectivity index (χ0n) is 20.7. The predicted molar refractivity (Wildman–Crippen MR) is 141 cm³/mol. The van der Waals surface area contributed by atoms with E-state index in [1.54, 1.807) is 6.20 Å². The summed E-state index contributed by atoms with van der Waals surface area (Å²) in [6.07, 6.45) is 10.4. The molecule has 2 aromatic rings. The van der Waals surface area contributed by atoms with Crippen LogP contribution in [-0.2, 0) is 11.3 Å². The van der Waals surface area contributed by atoms with Crippen LogP contribution in [0.1, 0.15) is 56.1 Å². The average Bonchev–Trinajstić information content (AvgIpc) is 2.89. The van der Waals surface area contributed by atoms with Crippen molar-refractivity contribution in [1.82, 2.24) is 15.3 Å². The Morgan fingerprint density at radius 3 is 2.61 bits per heavy atom. The minimum atomic E-state index is 0.299. The molecule has 1 unspecified atom stereocenters. The van der Waals surface area contributed by atoms with Gasteiger partial charge in [-0.1, -0.05) is 29.8 Å². The minimum Gasteiger partial charge on any atom is -0.381 e. The van der Waals surface area contributed by atoms with Crippen LogP contribution in [0.5, 0.6) is 0 Å². The summed E-state index contributed by atoms with van der Waals surface area (Å²) in [5.74, 6) is 3.49. The molecule has 5 atom stereocenters. The molecule has 1 aliphatic heterocycles. The second-order valence-electron chi connectivity index (χ2n) is 11.4. The molecule has 1 aromatic carbocycles. The lowest BCUT2D eigenvalue weighted by Crippen LogP contribution is -2.61. The number of halogens is 1. The smallest absolute Gasteiger partial charge is 0.224 e. The van der Waals surface area contributed by atoms with E-state index in [9.17, 15) is 5.26 Å². The summed E-state index contributed by atoms with van der Waals surface area (Å²) in [5, 5.41) is 21.3. The molecule has 4 saturated carbocycles. The van der Waals surface area contributed by atoms with Crippen LogP contribution in [0, 0.1) is 34.5 Å². The van der Waals surface area contributed by atoms with Gasteiger partial charge in [-0.25, -0.2) is 4.98 Å². The van der Waals surface area contributed by atoms with Crippen LogP contribution >= 0.6 is 11.6 Å². The molecule has 0 spiro atoms. The summed E-state index contributed by atoms with van der Waals surface area (Å²) in [6.45, 7) is 3.19. The standard InChI is InChI=1S/C28H35ClN6O/c29-24-4-2-1-3-19(24)15-31-27-32-16-22(14-30)26(35-27)33-17-28-11-18-9-20(12-28)25(21(10-18)13-28)34-23-5-7-36-8-6-23/h1-4,16,18,20-21,23,25,34H,5-13,15,17H2,(H2,31,32,33,35)/t18?,20-,21+,25-,28-. The van der Waals surface area contributed by atoms with E-state index in [2.05, 4.69) is 32.0 Å². The van der Waals surface area contributed by atoms with Crippen LogP contribution in [0.2, 0.25) is 5.02 Å². The third kappa shape index (κ3) is 4.91. The molecule has 7 rings (SSSR count). The first-order valence-electron chi connectivity index (χ1n) is 13.4. The Hall–Kier alpha value is -2.40. The number of nitrogens with one attached hydrogen (secondary N) is 3. The van der Waals surface area contributed by atoms with Gasteiger partial charge in [0.05, 0.1) is 6.20 Å². The van der Waals surface area contributed by atoms with E-state index in [0.717, 1.165) is 55.9 Å². The number of nitrogens with zero attached hydrogens (tertiary/aromatic N) is 3. The van der Waals surface area contributed by atoms with E-state index < -0.39 is 0 Å². The molecule has 2 heterocycles. The molecule has 0 amide bonds. The number of hydrogen-bond acceptors (Lipinski definition) is 7. The van der Waals surface area contributed by atoms with Gasteiger partial charge in [0.1, 0.15) is 17.5 Å². The predicted octanol–water partition coefficient (Wildman–Crippen LogP) is 4.99. The molecule has 4 bridgehead atoms. The zero-order chi connectivity index (χ0) is 24.5. The fourth-order valence-corrected chi connectivity index (χ4v) is 7.79. The second kappa shape index (κ2) is 10.2. The topological polar surface area (TPSA) is 94.9 Å². The van der Waals surface area contributed by atoms with Crippen LogP contribution in [0.15, 0.2) is 30.5 Å². The second-order valence-corrected chi connectivity index (χ2v) is 11.8. The normalized spacial score (nSPS) is 31.2. The molecule has 36 heavy (non-hydrogen) atoms. The highest BCUT2D eigenvalue weighted by atomic mass is 35.5. The fourth-order valence-electron chi connectivity index (χ4n) is 7.59. The van der Waals surface area contributed by atoms with Gasteiger partial charge in [0.25, 0.3) is 0 Å². The van der Waals surface area contributed by atoms with Crippen molar-refractivity contribution in [3.8, 4) is 6.07 Å².